The predicted octanol–water partition coefficient (Wildman–Crippen LogP) is 2.33. The van der Waals surface area contributed by atoms with Crippen molar-refractivity contribution in [3.63, 3.8) is 0 Å². The van der Waals surface area contributed by atoms with Crippen molar-refractivity contribution in [3.8, 4) is 0 Å². The zero-order chi connectivity index (χ0) is 10.8. The van der Waals surface area contributed by atoms with Crippen molar-refractivity contribution in [3.05, 3.63) is 30.7 Å². The standard InChI is InChI=1S/C9H15N2.CNS/c1-3-5-6-11-8-7-10(4-2)9-11;2-1-3/h4,7-9H,2-3,5-6H2,1H3;/q+1;-1. The number of aryl methyl sites for hydroxylation is 1. The number of hydrogen-bond donors (Lipinski definition) is 0. The van der Waals surface area contributed by atoms with E-state index in [0.717, 1.165) is 6.54 Å². The zero-order valence-electron chi connectivity index (χ0n) is 8.39. The van der Waals surface area contributed by atoms with Crippen LogP contribution in [0.2, 0.25) is 0 Å². The second-order valence-electron chi connectivity index (χ2n) is 2.73. The smallest absolute Gasteiger partial charge is 0.248 e. The van der Waals surface area contributed by atoms with Gasteiger partial charge in [0.1, 0.15) is 12.4 Å². The molecule has 0 saturated carbocycles. The van der Waals surface area contributed by atoms with Crippen LogP contribution in [0.4, 0.5) is 0 Å². The fourth-order valence-corrected chi connectivity index (χ4v) is 0.992. The lowest BCUT2D eigenvalue weighted by atomic mass is 10.3. The largest absolute Gasteiger partial charge is 0.753 e. The average Bonchev–Trinajstić information content (AvgIpc) is 2.63. The first-order chi connectivity index (χ1) is 6.78. The lowest BCUT2D eigenvalue weighted by molar-refractivity contribution is -0.696. The number of imidazole rings is 1. The molecule has 1 heterocycles. The van der Waals surface area contributed by atoms with E-state index in [-0.39, 0.29) is 0 Å². The first-order valence-electron chi connectivity index (χ1n) is 4.48. The highest BCUT2D eigenvalue weighted by Crippen LogP contribution is 1.88. The van der Waals surface area contributed by atoms with Gasteiger partial charge in [-0.3, -0.25) is 0 Å². The fourth-order valence-electron chi connectivity index (χ4n) is 0.992. The fraction of sp³-hybridized carbons (Fsp3) is 0.400. The van der Waals surface area contributed by atoms with Gasteiger partial charge in [-0.05, 0) is 6.42 Å². The zero-order valence-corrected chi connectivity index (χ0v) is 9.20. The molecule has 4 heteroatoms. The summed E-state index contributed by atoms with van der Waals surface area (Å²) in [6, 6.07) is 0. The predicted molar refractivity (Wildman–Crippen MR) is 61.9 cm³/mol. The minimum Gasteiger partial charge on any atom is -0.753 e. The van der Waals surface area contributed by atoms with E-state index in [1.165, 1.54) is 18.0 Å². The van der Waals surface area contributed by atoms with Crippen molar-refractivity contribution in [2.24, 2.45) is 0 Å². The third-order valence-corrected chi connectivity index (χ3v) is 1.69. The second-order valence-corrected chi connectivity index (χ2v) is 2.91. The molecular weight excluding hydrogens is 194 g/mol. The molecule has 14 heavy (non-hydrogen) atoms. The quantitative estimate of drug-likeness (QED) is 0.425. The molecule has 0 aliphatic carbocycles. The third-order valence-electron chi connectivity index (χ3n) is 1.69. The van der Waals surface area contributed by atoms with E-state index in [1.807, 2.05) is 17.1 Å². The summed E-state index contributed by atoms with van der Waals surface area (Å²) in [6.45, 7) is 6.98. The molecule has 1 rings (SSSR count). The van der Waals surface area contributed by atoms with Crippen LogP contribution in [0.3, 0.4) is 0 Å². The Bertz CT molecular complexity index is 298. The van der Waals surface area contributed by atoms with Crippen molar-refractivity contribution in [2.45, 2.75) is 26.3 Å². The lowest BCUT2D eigenvalue weighted by Gasteiger charge is -1.90. The van der Waals surface area contributed by atoms with Gasteiger partial charge < -0.3 is 5.41 Å². The molecule has 0 bridgehead atoms. The first-order valence-corrected chi connectivity index (χ1v) is 4.89. The summed E-state index contributed by atoms with van der Waals surface area (Å²) >= 11 is 3.70. The van der Waals surface area contributed by atoms with Crippen molar-refractivity contribution in [1.82, 2.24) is 4.57 Å². The van der Waals surface area contributed by atoms with E-state index in [1.54, 1.807) is 6.20 Å². The lowest BCUT2D eigenvalue weighted by Crippen LogP contribution is -2.30. The molecule has 0 radical (unpaired) electrons. The molecule has 0 saturated heterocycles. The topological polar surface area (TPSA) is 31.1 Å². The van der Waals surface area contributed by atoms with Gasteiger partial charge in [-0.25, -0.2) is 9.13 Å². The summed E-state index contributed by atoms with van der Waals surface area (Å²) in [5.41, 5.74) is 0. The highest BCUT2D eigenvalue weighted by atomic mass is 32.1. The van der Waals surface area contributed by atoms with Crippen LogP contribution in [0.25, 0.3) is 11.6 Å². The second kappa shape index (κ2) is 8.35. The number of aromatic nitrogens is 2. The molecule has 0 amide bonds. The Hall–Kier alpha value is -1.25. The van der Waals surface area contributed by atoms with Crippen molar-refractivity contribution in [1.29, 1.82) is 0 Å². The van der Waals surface area contributed by atoms with Gasteiger partial charge in [0, 0.05) is 0 Å². The number of unbranched alkanes of at least 4 members (excludes halogenated alkanes) is 1. The summed E-state index contributed by atoms with van der Waals surface area (Å²) in [5.74, 6) is 0. The molecule has 1 aromatic heterocycles. The minimum atomic E-state index is 1.11. The van der Waals surface area contributed by atoms with Gasteiger partial charge in [-0.1, -0.05) is 32.1 Å². The minimum absolute atomic E-state index is 1.11. The summed E-state index contributed by atoms with van der Waals surface area (Å²) < 4.78 is 4.13. The van der Waals surface area contributed by atoms with Gasteiger partial charge in [0.2, 0.25) is 6.33 Å². The SMILES string of the molecule is C=Cn1cc[n+](CCCC)c1.[N-]=C=S. The third kappa shape index (κ3) is 5.41. The van der Waals surface area contributed by atoms with E-state index < -0.39 is 0 Å². The molecule has 0 fully saturated rings. The number of hydrogen-bond acceptors (Lipinski definition) is 1. The van der Waals surface area contributed by atoms with Gasteiger partial charge in [-0.2, -0.15) is 5.16 Å². The van der Waals surface area contributed by atoms with Crippen LogP contribution in [0, 0.1) is 0 Å². The molecule has 0 aromatic carbocycles. The summed E-state index contributed by atoms with van der Waals surface area (Å²) in [7, 11) is 0. The summed E-state index contributed by atoms with van der Waals surface area (Å²) in [4.78, 5) is 0. The van der Waals surface area contributed by atoms with Crippen LogP contribution in [-0.4, -0.2) is 9.73 Å². The van der Waals surface area contributed by atoms with Gasteiger partial charge in [-0.15, -0.1) is 0 Å². The van der Waals surface area contributed by atoms with Crippen molar-refractivity contribution in [2.75, 3.05) is 0 Å². The molecular formula is C10H15N3S. The van der Waals surface area contributed by atoms with E-state index >= 15 is 0 Å². The summed E-state index contributed by atoms with van der Waals surface area (Å²) in [5, 5.41) is 8.47. The van der Waals surface area contributed by atoms with Gasteiger partial charge >= 0.3 is 0 Å². The highest BCUT2D eigenvalue weighted by Gasteiger charge is 1.97. The molecule has 3 nitrogen and oxygen atoms in total. The van der Waals surface area contributed by atoms with Gasteiger partial charge in [0.05, 0.1) is 12.7 Å². The van der Waals surface area contributed by atoms with E-state index in [0.29, 0.717) is 0 Å². The molecule has 0 unspecified atom stereocenters. The molecule has 1 aromatic rings. The van der Waals surface area contributed by atoms with E-state index in [2.05, 4.69) is 36.5 Å². The number of isothiocyanates is 1. The normalized spacial score (nSPS) is 8.36. The number of nitrogens with zero attached hydrogens (tertiary/aromatic N) is 3. The molecule has 0 atom stereocenters. The summed E-state index contributed by atoms with van der Waals surface area (Å²) in [6.07, 6.45) is 10.4. The maximum atomic E-state index is 7.13. The molecule has 0 spiro atoms. The molecule has 76 valence electrons. The average molecular weight is 209 g/mol. The maximum absolute atomic E-state index is 7.13. The Morgan fingerprint density at radius 2 is 2.36 bits per heavy atom. The van der Waals surface area contributed by atoms with Crippen molar-refractivity contribution >= 4 is 23.6 Å². The Kier molecular flexibility index (Phi) is 7.61. The van der Waals surface area contributed by atoms with Crippen molar-refractivity contribution < 1.29 is 4.57 Å². The monoisotopic (exact) mass is 209 g/mol. The van der Waals surface area contributed by atoms with Crippen LogP contribution in [0.1, 0.15) is 19.8 Å². The number of thiocarbonyl (C=S) groups is 1. The van der Waals surface area contributed by atoms with E-state index in [4.69, 9.17) is 5.41 Å². The first kappa shape index (κ1) is 12.8. The number of rotatable bonds is 4. The maximum Gasteiger partial charge on any atom is 0.248 e. The molecule has 0 aliphatic heterocycles. The van der Waals surface area contributed by atoms with Gasteiger partial charge in [0.15, 0.2) is 0 Å². The van der Waals surface area contributed by atoms with Crippen LogP contribution in [-0.2, 0) is 6.54 Å². The Morgan fingerprint density at radius 3 is 2.79 bits per heavy atom. The Labute approximate surface area is 90.2 Å². The molecule has 0 aliphatic rings. The highest BCUT2D eigenvalue weighted by molar-refractivity contribution is 7.78. The van der Waals surface area contributed by atoms with Crippen LogP contribution in [0.5, 0.6) is 0 Å². The van der Waals surface area contributed by atoms with Crippen LogP contribution < -0.4 is 4.57 Å². The Balaban J connectivity index is 0.000000500. The molecule has 0 N–H and O–H groups in total. The van der Waals surface area contributed by atoms with E-state index in [9.17, 15) is 0 Å². The Morgan fingerprint density at radius 1 is 1.71 bits per heavy atom. The van der Waals surface area contributed by atoms with Crippen LogP contribution >= 0.6 is 12.2 Å². The van der Waals surface area contributed by atoms with Crippen LogP contribution in [0.15, 0.2) is 25.3 Å². The van der Waals surface area contributed by atoms with Gasteiger partial charge in [0.25, 0.3) is 0 Å².